The number of benzene rings is 1. The van der Waals surface area contributed by atoms with Crippen LogP contribution in [0.5, 0.6) is 0 Å². The average Bonchev–Trinajstić information content (AvgIpc) is 3.08. The van der Waals surface area contributed by atoms with Crippen molar-refractivity contribution in [2.24, 2.45) is 11.8 Å². The number of aromatic nitrogens is 1. The number of carbonyl (C=O) groups is 1. The lowest BCUT2D eigenvalue weighted by atomic mass is 9.85. The van der Waals surface area contributed by atoms with E-state index in [1.165, 1.54) is 35.1 Å². The molecule has 0 spiro atoms. The first-order valence-corrected chi connectivity index (χ1v) is 11.3. The van der Waals surface area contributed by atoms with Crippen molar-refractivity contribution in [3.05, 3.63) is 23.3 Å². The zero-order valence-electron chi connectivity index (χ0n) is 16.8. The van der Waals surface area contributed by atoms with Crippen molar-refractivity contribution in [2.75, 3.05) is 18.0 Å². The fourth-order valence-corrected chi connectivity index (χ4v) is 5.85. The fraction of sp³-hybridized carbons (Fsp3) is 0.636. The Morgan fingerprint density at radius 1 is 1.15 bits per heavy atom. The third-order valence-corrected chi connectivity index (χ3v) is 7.46. The number of amides is 1. The van der Waals surface area contributed by atoms with Gasteiger partial charge in [0, 0.05) is 25.0 Å². The molecule has 4 nitrogen and oxygen atoms in total. The number of hydrogen-bond acceptors (Lipinski definition) is 4. The summed E-state index contributed by atoms with van der Waals surface area (Å²) in [6, 6.07) is 4.82. The van der Waals surface area contributed by atoms with Gasteiger partial charge in [-0.25, -0.2) is 4.98 Å². The number of piperidine rings is 1. The van der Waals surface area contributed by atoms with Gasteiger partial charge >= 0.3 is 0 Å². The Labute approximate surface area is 166 Å². The second kappa shape index (κ2) is 7.78. The molecule has 27 heavy (non-hydrogen) atoms. The Bertz CT molecular complexity index is 822. The summed E-state index contributed by atoms with van der Waals surface area (Å²) in [6.07, 6.45) is 6.83. The summed E-state index contributed by atoms with van der Waals surface area (Å²) in [4.78, 5) is 20.0. The number of aryl methyl sites for hydroxylation is 2. The Hall–Kier alpha value is -1.62. The monoisotopic (exact) mass is 385 g/mol. The van der Waals surface area contributed by atoms with Crippen LogP contribution in [0, 0.1) is 25.7 Å². The van der Waals surface area contributed by atoms with Crippen LogP contribution in [0.4, 0.5) is 5.13 Å². The van der Waals surface area contributed by atoms with Gasteiger partial charge in [0.2, 0.25) is 5.91 Å². The van der Waals surface area contributed by atoms with Crippen molar-refractivity contribution in [3.8, 4) is 0 Å². The molecule has 2 aromatic rings. The summed E-state index contributed by atoms with van der Waals surface area (Å²) in [5, 5.41) is 4.47. The third-order valence-electron chi connectivity index (χ3n) is 6.39. The number of carbonyl (C=O) groups excluding carboxylic acids is 1. The molecule has 0 unspecified atom stereocenters. The van der Waals surface area contributed by atoms with E-state index in [1.807, 2.05) is 0 Å². The average molecular weight is 386 g/mol. The fourth-order valence-electron chi connectivity index (χ4n) is 4.66. The molecule has 1 aliphatic carbocycles. The molecule has 1 aliphatic heterocycles. The normalized spacial score (nSPS) is 24.3. The molecular formula is C22H31N3OS. The van der Waals surface area contributed by atoms with Gasteiger partial charge in [-0.2, -0.15) is 0 Å². The first kappa shape index (κ1) is 18.7. The first-order valence-electron chi connectivity index (χ1n) is 10.4. The van der Waals surface area contributed by atoms with Crippen LogP contribution in [0.25, 0.3) is 10.2 Å². The van der Waals surface area contributed by atoms with Crippen molar-refractivity contribution < 1.29 is 4.79 Å². The molecule has 1 aromatic carbocycles. The molecule has 1 saturated carbocycles. The molecule has 5 heteroatoms. The largest absolute Gasteiger partial charge is 0.353 e. The van der Waals surface area contributed by atoms with Gasteiger partial charge < -0.3 is 10.2 Å². The predicted molar refractivity (Wildman–Crippen MR) is 114 cm³/mol. The van der Waals surface area contributed by atoms with Crippen molar-refractivity contribution in [3.63, 3.8) is 0 Å². The van der Waals surface area contributed by atoms with Gasteiger partial charge in [-0.3, -0.25) is 4.79 Å². The topological polar surface area (TPSA) is 45.2 Å². The Balaban J connectivity index is 1.37. The van der Waals surface area contributed by atoms with Gasteiger partial charge in [-0.05, 0) is 62.6 Å². The van der Waals surface area contributed by atoms with Crippen LogP contribution in [-0.4, -0.2) is 30.0 Å². The highest BCUT2D eigenvalue weighted by Crippen LogP contribution is 2.34. The van der Waals surface area contributed by atoms with Gasteiger partial charge in [0.15, 0.2) is 5.13 Å². The molecule has 2 fully saturated rings. The van der Waals surface area contributed by atoms with Gasteiger partial charge in [0.1, 0.15) is 0 Å². The molecular weight excluding hydrogens is 354 g/mol. The SMILES string of the molecule is Cc1cc(C)c2nc(N3CCC(C(=O)N[C@H]4CCCC[C@@H]4C)CC3)sc2c1. The molecule has 1 aromatic heterocycles. The second-order valence-electron chi connectivity index (χ2n) is 8.56. The van der Waals surface area contributed by atoms with Crippen LogP contribution in [-0.2, 0) is 4.79 Å². The number of fused-ring (bicyclic) bond motifs is 1. The summed E-state index contributed by atoms with van der Waals surface area (Å²) in [5.74, 6) is 1.06. The third kappa shape index (κ3) is 3.98. The maximum Gasteiger partial charge on any atom is 0.223 e. The molecule has 1 saturated heterocycles. The highest BCUT2D eigenvalue weighted by atomic mass is 32.1. The van der Waals surface area contributed by atoms with Gasteiger partial charge in [0.25, 0.3) is 0 Å². The molecule has 2 heterocycles. The number of anilines is 1. The van der Waals surface area contributed by atoms with E-state index in [-0.39, 0.29) is 11.8 Å². The maximum atomic E-state index is 12.7. The number of rotatable bonds is 3. The maximum absolute atomic E-state index is 12.7. The predicted octanol–water partition coefficient (Wildman–Crippen LogP) is 4.82. The lowest BCUT2D eigenvalue weighted by molar-refractivity contribution is -0.126. The van der Waals surface area contributed by atoms with Crippen molar-refractivity contribution >= 4 is 32.6 Å². The zero-order chi connectivity index (χ0) is 19.0. The van der Waals surface area contributed by atoms with Crippen molar-refractivity contribution in [1.82, 2.24) is 10.3 Å². The van der Waals surface area contributed by atoms with Gasteiger partial charge in [-0.15, -0.1) is 0 Å². The summed E-state index contributed by atoms with van der Waals surface area (Å²) >= 11 is 1.78. The van der Waals surface area contributed by atoms with E-state index >= 15 is 0 Å². The molecule has 146 valence electrons. The molecule has 1 amide bonds. The number of thiazole rings is 1. The number of hydrogen-bond donors (Lipinski definition) is 1. The van der Waals surface area contributed by atoms with Crippen LogP contribution >= 0.6 is 11.3 Å². The van der Waals surface area contributed by atoms with E-state index in [1.54, 1.807) is 11.3 Å². The Kier molecular flexibility index (Phi) is 5.40. The van der Waals surface area contributed by atoms with Crippen LogP contribution in [0.1, 0.15) is 56.6 Å². The van der Waals surface area contributed by atoms with E-state index in [0.29, 0.717) is 12.0 Å². The zero-order valence-corrected chi connectivity index (χ0v) is 17.6. The van der Waals surface area contributed by atoms with Crippen LogP contribution in [0.2, 0.25) is 0 Å². The van der Waals surface area contributed by atoms with Crippen LogP contribution in [0.15, 0.2) is 12.1 Å². The summed E-state index contributed by atoms with van der Waals surface area (Å²) < 4.78 is 1.27. The highest BCUT2D eigenvalue weighted by Gasteiger charge is 2.30. The molecule has 0 radical (unpaired) electrons. The summed E-state index contributed by atoms with van der Waals surface area (Å²) in [6.45, 7) is 8.42. The minimum atomic E-state index is 0.161. The first-order chi connectivity index (χ1) is 13.0. The van der Waals surface area contributed by atoms with E-state index in [2.05, 4.69) is 43.1 Å². The van der Waals surface area contributed by atoms with Crippen LogP contribution < -0.4 is 10.2 Å². The van der Waals surface area contributed by atoms with Crippen molar-refractivity contribution in [2.45, 2.75) is 65.3 Å². The van der Waals surface area contributed by atoms with Crippen molar-refractivity contribution in [1.29, 1.82) is 0 Å². The lowest BCUT2D eigenvalue weighted by Gasteiger charge is -2.34. The molecule has 2 atom stereocenters. The summed E-state index contributed by atoms with van der Waals surface area (Å²) in [7, 11) is 0. The van der Waals surface area contributed by atoms with E-state index in [9.17, 15) is 4.79 Å². The Morgan fingerprint density at radius 3 is 2.63 bits per heavy atom. The smallest absolute Gasteiger partial charge is 0.223 e. The quantitative estimate of drug-likeness (QED) is 0.823. The summed E-state index contributed by atoms with van der Waals surface area (Å²) in [5.41, 5.74) is 3.68. The Morgan fingerprint density at radius 2 is 1.89 bits per heavy atom. The van der Waals surface area contributed by atoms with E-state index in [0.717, 1.165) is 43.0 Å². The number of nitrogens with one attached hydrogen (secondary N) is 1. The standard InChI is InChI=1S/C22H31N3OS/c1-14-12-16(3)20-19(13-14)27-22(24-20)25-10-8-17(9-11-25)21(26)23-18-7-5-4-6-15(18)2/h12-13,15,17-18H,4-11H2,1-3H3,(H,23,26)/t15-,18-/m0/s1. The minimum absolute atomic E-state index is 0.161. The molecule has 0 bridgehead atoms. The van der Waals surface area contributed by atoms with E-state index < -0.39 is 0 Å². The second-order valence-corrected chi connectivity index (χ2v) is 9.57. The molecule has 2 aliphatic rings. The van der Waals surface area contributed by atoms with Crippen LogP contribution in [0.3, 0.4) is 0 Å². The van der Waals surface area contributed by atoms with Gasteiger partial charge in [-0.1, -0.05) is 37.2 Å². The molecule has 1 N–H and O–H groups in total. The lowest BCUT2D eigenvalue weighted by Crippen LogP contribution is -2.46. The van der Waals surface area contributed by atoms with E-state index in [4.69, 9.17) is 4.98 Å². The number of nitrogens with zero attached hydrogens (tertiary/aromatic N) is 2. The van der Waals surface area contributed by atoms with Gasteiger partial charge in [0.05, 0.1) is 10.2 Å². The molecule has 4 rings (SSSR count). The highest BCUT2D eigenvalue weighted by molar-refractivity contribution is 7.22. The minimum Gasteiger partial charge on any atom is -0.353 e.